The molecule has 0 fully saturated rings. The highest BCUT2D eigenvalue weighted by molar-refractivity contribution is 6.30. The predicted molar refractivity (Wildman–Crippen MR) is 104 cm³/mol. The summed E-state index contributed by atoms with van der Waals surface area (Å²) >= 11 is 5.96. The molecule has 1 aromatic heterocycles. The van der Waals surface area contributed by atoms with Gasteiger partial charge in [0.15, 0.2) is 5.69 Å². The lowest BCUT2D eigenvalue weighted by Gasteiger charge is -2.12. The highest BCUT2D eigenvalue weighted by atomic mass is 35.5. The van der Waals surface area contributed by atoms with Gasteiger partial charge in [0.1, 0.15) is 0 Å². The smallest absolute Gasteiger partial charge is 0.278 e. The molecule has 0 atom stereocenters. The molecule has 2 aromatic carbocycles. The van der Waals surface area contributed by atoms with Crippen LogP contribution >= 0.6 is 11.6 Å². The average Bonchev–Trinajstić information content (AvgIpc) is 3.04. The van der Waals surface area contributed by atoms with Crippen LogP contribution in [0.4, 0.5) is 5.69 Å². The minimum Gasteiger partial charge on any atom is -0.321 e. The van der Waals surface area contributed by atoms with E-state index in [9.17, 15) is 4.79 Å². The SMILES string of the molecule is Cc1ccc(NC(=O)c2nnn(-c3ccc(Cl)cc3)c2C(C)C)cc1C. The van der Waals surface area contributed by atoms with Crippen molar-refractivity contribution in [3.63, 3.8) is 0 Å². The van der Waals surface area contributed by atoms with Gasteiger partial charge in [0.05, 0.1) is 11.4 Å². The Bertz CT molecular complexity index is 945. The van der Waals surface area contributed by atoms with Gasteiger partial charge in [-0.05, 0) is 67.3 Å². The number of anilines is 1. The highest BCUT2D eigenvalue weighted by Crippen LogP contribution is 2.23. The van der Waals surface area contributed by atoms with Crippen molar-refractivity contribution >= 4 is 23.2 Å². The maximum Gasteiger partial charge on any atom is 0.278 e. The summed E-state index contributed by atoms with van der Waals surface area (Å²) in [4.78, 5) is 12.8. The lowest BCUT2D eigenvalue weighted by molar-refractivity contribution is 0.102. The summed E-state index contributed by atoms with van der Waals surface area (Å²) < 4.78 is 1.69. The molecule has 3 aromatic rings. The quantitative estimate of drug-likeness (QED) is 0.711. The first kappa shape index (κ1) is 18.1. The molecular weight excluding hydrogens is 348 g/mol. The van der Waals surface area contributed by atoms with Crippen LogP contribution in [0.2, 0.25) is 5.02 Å². The zero-order valence-corrected chi connectivity index (χ0v) is 16.0. The van der Waals surface area contributed by atoms with E-state index in [-0.39, 0.29) is 11.8 Å². The number of aryl methyl sites for hydroxylation is 2. The van der Waals surface area contributed by atoms with Gasteiger partial charge in [-0.25, -0.2) is 4.68 Å². The third-order valence-electron chi connectivity index (χ3n) is 4.30. The number of carbonyl (C=O) groups excluding carboxylic acids is 1. The zero-order valence-electron chi connectivity index (χ0n) is 15.2. The minimum atomic E-state index is -0.267. The van der Waals surface area contributed by atoms with Crippen LogP contribution in [-0.2, 0) is 0 Å². The summed E-state index contributed by atoms with van der Waals surface area (Å²) in [7, 11) is 0. The van der Waals surface area contributed by atoms with E-state index in [0.29, 0.717) is 10.7 Å². The van der Waals surface area contributed by atoms with Crippen molar-refractivity contribution in [3.8, 4) is 5.69 Å². The number of hydrogen-bond acceptors (Lipinski definition) is 3. The Morgan fingerprint density at radius 2 is 1.77 bits per heavy atom. The van der Waals surface area contributed by atoms with Gasteiger partial charge in [-0.2, -0.15) is 0 Å². The molecule has 0 aliphatic rings. The second-order valence-electron chi connectivity index (χ2n) is 6.62. The normalized spacial score (nSPS) is 11.0. The largest absolute Gasteiger partial charge is 0.321 e. The van der Waals surface area contributed by atoms with E-state index >= 15 is 0 Å². The summed E-state index contributed by atoms with van der Waals surface area (Å²) in [6, 6.07) is 13.1. The first-order valence-electron chi connectivity index (χ1n) is 8.47. The number of amides is 1. The van der Waals surface area contributed by atoms with Gasteiger partial charge in [-0.3, -0.25) is 4.79 Å². The molecule has 0 spiro atoms. The lowest BCUT2D eigenvalue weighted by Crippen LogP contribution is -2.16. The van der Waals surface area contributed by atoms with Crippen LogP contribution in [0.1, 0.15) is 47.1 Å². The standard InChI is InChI=1S/C20H21ClN4O/c1-12(2)19-18(20(26)22-16-8-5-13(3)14(4)11-16)23-24-25(19)17-9-6-15(21)7-10-17/h5-12H,1-4H3,(H,22,26). The van der Waals surface area contributed by atoms with E-state index in [2.05, 4.69) is 15.6 Å². The highest BCUT2D eigenvalue weighted by Gasteiger charge is 2.23. The van der Waals surface area contributed by atoms with E-state index in [0.717, 1.165) is 22.6 Å². The summed E-state index contributed by atoms with van der Waals surface area (Å²) in [5.41, 5.74) is 4.95. The third-order valence-corrected chi connectivity index (χ3v) is 4.55. The molecule has 0 bridgehead atoms. The Morgan fingerprint density at radius 1 is 1.08 bits per heavy atom. The molecule has 26 heavy (non-hydrogen) atoms. The number of halogens is 1. The van der Waals surface area contributed by atoms with Crippen molar-refractivity contribution in [3.05, 3.63) is 70.0 Å². The van der Waals surface area contributed by atoms with E-state index < -0.39 is 0 Å². The molecule has 6 heteroatoms. The van der Waals surface area contributed by atoms with Crippen LogP contribution in [0.5, 0.6) is 0 Å². The van der Waals surface area contributed by atoms with Crippen LogP contribution in [0, 0.1) is 13.8 Å². The molecule has 0 saturated heterocycles. The number of nitrogens with zero attached hydrogens (tertiary/aromatic N) is 3. The van der Waals surface area contributed by atoms with Crippen molar-refractivity contribution in [2.45, 2.75) is 33.6 Å². The number of rotatable bonds is 4. The van der Waals surface area contributed by atoms with Crippen molar-refractivity contribution in [1.82, 2.24) is 15.0 Å². The van der Waals surface area contributed by atoms with E-state index in [4.69, 9.17) is 11.6 Å². The van der Waals surface area contributed by atoms with Crippen LogP contribution in [0.25, 0.3) is 5.69 Å². The van der Waals surface area contributed by atoms with Crippen LogP contribution < -0.4 is 5.32 Å². The van der Waals surface area contributed by atoms with Crippen molar-refractivity contribution in [2.24, 2.45) is 0 Å². The van der Waals surface area contributed by atoms with Gasteiger partial charge >= 0.3 is 0 Å². The minimum absolute atomic E-state index is 0.0705. The van der Waals surface area contributed by atoms with Crippen LogP contribution in [0.15, 0.2) is 42.5 Å². The van der Waals surface area contributed by atoms with Gasteiger partial charge in [-0.15, -0.1) is 5.10 Å². The Kier molecular flexibility index (Phi) is 5.09. The average molecular weight is 369 g/mol. The molecule has 5 nitrogen and oxygen atoms in total. The van der Waals surface area contributed by atoms with Gasteiger partial charge < -0.3 is 5.32 Å². The fourth-order valence-electron chi connectivity index (χ4n) is 2.75. The molecule has 0 aliphatic heterocycles. The molecular formula is C20H21ClN4O. The van der Waals surface area contributed by atoms with E-state index in [1.165, 1.54) is 5.56 Å². The Balaban J connectivity index is 1.95. The molecule has 0 aliphatic carbocycles. The molecule has 0 saturated carbocycles. The Hall–Kier alpha value is -2.66. The molecule has 134 valence electrons. The second-order valence-corrected chi connectivity index (χ2v) is 7.06. The second kappa shape index (κ2) is 7.30. The van der Waals surface area contributed by atoms with Gasteiger partial charge in [0.25, 0.3) is 5.91 Å². The van der Waals surface area contributed by atoms with Crippen molar-refractivity contribution in [2.75, 3.05) is 5.32 Å². The Labute approximate surface area is 158 Å². The summed E-state index contributed by atoms with van der Waals surface area (Å²) in [6.45, 7) is 8.08. The maximum atomic E-state index is 12.8. The monoisotopic (exact) mass is 368 g/mol. The number of aromatic nitrogens is 3. The molecule has 0 unspecified atom stereocenters. The molecule has 1 amide bonds. The van der Waals surface area contributed by atoms with Crippen molar-refractivity contribution in [1.29, 1.82) is 0 Å². The summed E-state index contributed by atoms with van der Waals surface area (Å²) in [6.07, 6.45) is 0. The van der Waals surface area contributed by atoms with E-state index in [1.807, 2.05) is 58.0 Å². The third kappa shape index (κ3) is 3.63. The first-order chi connectivity index (χ1) is 12.4. The number of nitrogens with one attached hydrogen (secondary N) is 1. The fourth-order valence-corrected chi connectivity index (χ4v) is 2.88. The van der Waals surface area contributed by atoms with Gasteiger partial charge in [-0.1, -0.05) is 36.7 Å². The van der Waals surface area contributed by atoms with Crippen LogP contribution in [0.3, 0.4) is 0 Å². The molecule has 1 heterocycles. The van der Waals surface area contributed by atoms with Gasteiger partial charge in [0, 0.05) is 10.7 Å². The number of carbonyl (C=O) groups is 1. The topological polar surface area (TPSA) is 59.8 Å². The number of hydrogen-bond donors (Lipinski definition) is 1. The first-order valence-corrected chi connectivity index (χ1v) is 8.84. The molecule has 1 N–H and O–H groups in total. The van der Waals surface area contributed by atoms with Gasteiger partial charge in [0.2, 0.25) is 0 Å². The lowest BCUT2D eigenvalue weighted by atomic mass is 10.1. The number of benzene rings is 2. The van der Waals surface area contributed by atoms with E-state index in [1.54, 1.807) is 16.8 Å². The zero-order chi connectivity index (χ0) is 18.8. The Morgan fingerprint density at radius 3 is 2.38 bits per heavy atom. The maximum absolute atomic E-state index is 12.8. The summed E-state index contributed by atoms with van der Waals surface area (Å²) in [5, 5.41) is 11.9. The fraction of sp³-hybridized carbons (Fsp3) is 0.250. The predicted octanol–water partition coefficient (Wildman–Crippen LogP) is 4.91. The molecule has 0 radical (unpaired) electrons. The molecule has 3 rings (SSSR count). The van der Waals surface area contributed by atoms with Crippen LogP contribution in [-0.4, -0.2) is 20.9 Å². The van der Waals surface area contributed by atoms with Crippen molar-refractivity contribution < 1.29 is 4.79 Å². The summed E-state index contributed by atoms with van der Waals surface area (Å²) in [5.74, 6) is -0.196.